The molecule has 1 aliphatic carbocycles. The van der Waals surface area contributed by atoms with Crippen molar-refractivity contribution in [2.24, 2.45) is 0 Å². The molecule has 4 rings (SSSR count). The number of hydrogen-bond donors (Lipinski definition) is 1. The van der Waals surface area contributed by atoms with Gasteiger partial charge in [0.1, 0.15) is 11.2 Å². The second-order valence-electron chi connectivity index (χ2n) is 7.87. The molecule has 2 heterocycles. The lowest BCUT2D eigenvalue weighted by Gasteiger charge is -2.15. The largest absolute Gasteiger partial charge is 0.342 e. The van der Waals surface area contributed by atoms with Crippen molar-refractivity contribution in [3.05, 3.63) is 58.1 Å². The first-order chi connectivity index (χ1) is 16.2. The maximum atomic E-state index is 13.1. The van der Waals surface area contributed by atoms with E-state index in [4.69, 9.17) is 0 Å². The number of amides is 2. The first-order valence-electron chi connectivity index (χ1n) is 10.3. The van der Waals surface area contributed by atoms with Crippen molar-refractivity contribution in [3.63, 3.8) is 0 Å². The summed E-state index contributed by atoms with van der Waals surface area (Å²) in [5, 5.41) is 7.02. The molecule has 1 aliphatic rings. The van der Waals surface area contributed by atoms with E-state index >= 15 is 0 Å². The Morgan fingerprint density at radius 3 is 2.35 bits per heavy atom. The summed E-state index contributed by atoms with van der Waals surface area (Å²) in [6.07, 6.45) is -1.39. The summed E-state index contributed by atoms with van der Waals surface area (Å²) in [5.74, 6) is -0.716. The Morgan fingerprint density at radius 1 is 1.12 bits per heavy atom. The number of nitrogens with zero attached hydrogens (tertiary/aromatic N) is 5. The van der Waals surface area contributed by atoms with E-state index < -0.39 is 35.9 Å². The molecule has 0 aliphatic heterocycles. The van der Waals surface area contributed by atoms with Crippen molar-refractivity contribution in [2.45, 2.75) is 44.7 Å². The van der Waals surface area contributed by atoms with E-state index in [1.54, 1.807) is 18.9 Å². The summed E-state index contributed by atoms with van der Waals surface area (Å²) in [4.78, 5) is 35.7. The molecular weight excluding hydrogens is 476 g/mol. The number of nitrogens with one attached hydrogen (secondary N) is 1. The Labute approximate surface area is 195 Å². The Kier molecular flexibility index (Phi) is 6.64. The van der Waals surface area contributed by atoms with Crippen molar-refractivity contribution >= 4 is 23.2 Å². The fraction of sp³-hybridized carbons (Fsp3) is 0.381. The predicted molar refractivity (Wildman–Crippen MR) is 114 cm³/mol. The van der Waals surface area contributed by atoms with Crippen molar-refractivity contribution < 1.29 is 27.2 Å². The van der Waals surface area contributed by atoms with Gasteiger partial charge in [0.05, 0.1) is 12.2 Å². The lowest BCUT2D eigenvalue weighted by Crippen LogP contribution is -2.29. The molecule has 1 atom stereocenters. The molecule has 0 spiro atoms. The zero-order valence-corrected chi connectivity index (χ0v) is 18.9. The van der Waals surface area contributed by atoms with Gasteiger partial charge in [-0.15, -0.1) is 0 Å². The second kappa shape index (κ2) is 9.49. The second-order valence-corrected chi connectivity index (χ2v) is 8.88. The monoisotopic (exact) mass is 496 g/mol. The van der Waals surface area contributed by atoms with E-state index in [1.165, 1.54) is 17.2 Å². The van der Waals surface area contributed by atoms with Crippen molar-refractivity contribution in [3.8, 4) is 5.13 Å². The van der Waals surface area contributed by atoms with E-state index in [0.29, 0.717) is 16.1 Å². The highest BCUT2D eigenvalue weighted by atomic mass is 32.1. The van der Waals surface area contributed by atoms with Gasteiger partial charge in [-0.25, -0.2) is 27.5 Å². The van der Waals surface area contributed by atoms with E-state index in [0.717, 1.165) is 36.3 Å². The third-order valence-electron chi connectivity index (χ3n) is 5.35. The molecule has 2 amide bonds. The molecule has 180 valence electrons. The Morgan fingerprint density at radius 2 is 1.76 bits per heavy atom. The summed E-state index contributed by atoms with van der Waals surface area (Å²) in [5.41, 5.74) is -1.67. The third-order valence-corrected chi connectivity index (χ3v) is 6.31. The van der Waals surface area contributed by atoms with Gasteiger partial charge in [-0.3, -0.25) is 9.59 Å². The van der Waals surface area contributed by atoms with Crippen molar-refractivity contribution in [2.75, 3.05) is 7.05 Å². The highest BCUT2D eigenvalue weighted by Gasteiger charge is 2.31. The fourth-order valence-corrected chi connectivity index (χ4v) is 4.23. The average Bonchev–Trinajstić information content (AvgIpc) is 3.33. The van der Waals surface area contributed by atoms with Crippen LogP contribution in [0.1, 0.15) is 75.6 Å². The molecule has 13 heteroatoms. The van der Waals surface area contributed by atoms with Gasteiger partial charge in [0.2, 0.25) is 5.13 Å². The Balaban J connectivity index is 1.53. The smallest absolute Gasteiger partial charge is 0.265 e. The minimum Gasteiger partial charge on any atom is -0.342 e. The lowest BCUT2D eigenvalue weighted by molar-refractivity contribution is 0.0789. The van der Waals surface area contributed by atoms with Crippen molar-refractivity contribution in [1.29, 1.82) is 0 Å². The zero-order valence-electron chi connectivity index (χ0n) is 18.1. The van der Waals surface area contributed by atoms with Crippen LogP contribution in [0.25, 0.3) is 5.13 Å². The van der Waals surface area contributed by atoms with Gasteiger partial charge in [-0.2, -0.15) is 9.78 Å². The van der Waals surface area contributed by atoms with Crippen LogP contribution in [0, 0.1) is 0 Å². The highest BCUT2D eigenvalue weighted by Crippen LogP contribution is 2.29. The molecule has 0 saturated heterocycles. The van der Waals surface area contributed by atoms with Gasteiger partial charge < -0.3 is 10.2 Å². The molecule has 8 nitrogen and oxygen atoms in total. The van der Waals surface area contributed by atoms with Gasteiger partial charge in [0.25, 0.3) is 24.7 Å². The van der Waals surface area contributed by atoms with E-state index in [-0.39, 0.29) is 23.3 Å². The van der Waals surface area contributed by atoms with Crippen LogP contribution in [0.2, 0.25) is 0 Å². The quantitative estimate of drug-likeness (QED) is 0.469. The van der Waals surface area contributed by atoms with Crippen LogP contribution in [0.5, 0.6) is 0 Å². The minimum atomic E-state index is -3.01. The number of rotatable bonds is 8. The maximum absolute atomic E-state index is 13.1. The maximum Gasteiger partial charge on any atom is 0.265 e. The van der Waals surface area contributed by atoms with Crippen LogP contribution in [0.4, 0.5) is 17.6 Å². The van der Waals surface area contributed by atoms with Crippen LogP contribution in [0.15, 0.2) is 30.7 Å². The van der Waals surface area contributed by atoms with Crippen LogP contribution < -0.4 is 5.32 Å². The van der Waals surface area contributed by atoms with Gasteiger partial charge in [0, 0.05) is 29.8 Å². The minimum absolute atomic E-state index is 0.150. The van der Waals surface area contributed by atoms with Gasteiger partial charge in [-0.1, -0.05) is 11.3 Å². The van der Waals surface area contributed by atoms with Gasteiger partial charge in [0.15, 0.2) is 5.82 Å². The predicted octanol–water partition coefficient (Wildman–Crippen LogP) is 4.32. The molecule has 1 N–H and O–H groups in total. The first kappa shape index (κ1) is 23.8. The molecule has 2 aromatic heterocycles. The summed E-state index contributed by atoms with van der Waals surface area (Å²) in [6, 6.07) is 1.88. The van der Waals surface area contributed by atoms with Gasteiger partial charge >= 0.3 is 0 Å². The number of carbonyl (C=O) groups is 2. The van der Waals surface area contributed by atoms with Crippen LogP contribution in [-0.4, -0.2) is 49.6 Å². The number of benzene rings is 1. The lowest BCUT2D eigenvalue weighted by atomic mass is 10.0. The van der Waals surface area contributed by atoms with E-state index in [2.05, 4.69) is 20.4 Å². The van der Waals surface area contributed by atoms with Crippen molar-refractivity contribution in [1.82, 2.24) is 30.0 Å². The normalized spacial score (nSPS) is 14.5. The summed E-state index contributed by atoms with van der Waals surface area (Å²) < 4.78 is 53.8. The average molecular weight is 496 g/mol. The molecule has 3 aromatic rings. The summed E-state index contributed by atoms with van der Waals surface area (Å²) >= 11 is 1.11. The summed E-state index contributed by atoms with van der Waals surface area (Å²) in [6.45, 7) is 1.57. The number of halogens is 4. The summed E-state index contributed by atoms with van der Waals surface area (Å²) in [7, 11) is 1.74. The van der Waals surface area contributed by atoms with Crippen LogP contribution >= 0.6 is 11.3 Å². The number of alkyl halides is 4. The molecule has 0 unspecified atom stereocenters. The molecule has 0 radical (unpaired) electrons. The first-order valence-corrected chi connectivity index (χ1v) is 11.1. The van der Waals surface area contributed by atoms with Crippen LogP contribution in [0.3, 0.4) is 0 Å². The third kappa shape index (κ3) is 4.93. The molecule has 0 bridgehead atoms. The number of hydrogen-bond acceptors (Lipinski definition) is 6. The molecule has 1 saturated carbocycles. The standard InChI is InChI=1S/C21H20F4N6O2S/c1-10(29-19(32)13-6-11(16(22)23)5-12(7-13)17(24)25)18-27-9-28-31(18)21-26-8-15(34-21)20(33)30(2)14-3-4-14/h5-10,14,16-17H,3-4H2,1-2H3,(H,29,32)/t10-/m0/s1. The Bertz CT molecular complexity index is 1180. The molecule has 1 aromatic carbocycles. The number of carbonyl (C=O) groups excluding carboxylic acids is 2. The number of thiazole rings is 1. The Hall–Kier alpha value is -3.35. The number of aromatic nitrogens is 4. The zero-order chi connectivity index (χ0) is 24.6. The SMILES string of the molecule is C[C@H](NC(=O)c1cc(C(F)F)cc(C(F)F)c1)c1ncnn1-c1ncc(C(=O)N(C)C2CC2)s1. The highest BCUT2D eigenvalue weighted by molar-refractivity contribution is 7.16. The van der Waals surface area contributed by atoms with E-state index in [9.17, 15) is 27.2 Å². The van der Waals surface area contributed by atoms with Gasteiger partial charge in [-0.05, 0) is 38.0 Å². The topological polar surface area (TPSA) is 93.0 Å². The molecule has 1 fully saturated rings. The van der Waals surface area contributed by atoms with Crippen LogP contribution in [-0.2, 0) is 0 Å². The fourth-order valence-electron chi connectivity index (χ4n) is 3.36. The molecular formula is C21H20F4N6O2S. The molecule has 34 heavy (non-hydrogen) atoms. The van der Waals surface area contributed by atoms with E-state index in [1.807, 2.05) is 0 Å².